The molecule has 360 valence electrons. The van der Waals surface area contributed by atoms with Crippen LogP contribution in [-0.2, 0) is 34.3 Å². The highest BCUT2D eigenvalue weighted by atomic mass is 32.2. The summed E-state index contributed by atoms with van der Waals surface area (Å²) in [5.41, 5.74) is 1.42. The van der Waals surface area contributed by atoms with Crippen LogP contribution in [0, 0.1) is 0 Å². The van der Waals surface area contributed by atoms with Crippen LogP contribution in [-0.4, -0.2) is 76.9 Å². The van der Waals surface area contributed by atoms with Crippen molar-refractivity contribution in [2.24, 2.45) is 5.16 Å². The first kappa shape index (κ1) is 49.2. The fourth-order valence-corrected chi connectivity index (χ4v) is 13.0. The first-order valence-electron chi connectivity index (χ1n) is 22.2. The fourth-order valence-electron chi connectivity index (χ4n) is 7.85. The van der Waals surface area contributed by atoms with E-state index in [9.17, 15) is 19.2 Å². The zero-order valence-corrected chi connectivity index (χ0v) is 42.5. The normalized spacial score (nSPS) is 15.9. The van der Waals surface area contributed by atoms with Crippen molar-refractivity contribution in [2.75, 3.05) is 16.2 Å². The molecule has 9 rings (SSSR count). The highest BCUT2D eigenvalue weighted by Crippen LogP contribution is 2.46. The van der Waals surface area contributed by atoms with E-state index in [-0.39, 0.29) is 22.2 Å². The van der Waals surface area contributed by atoms with Gasteiger partial charge in [0.1, 0.15) is 32.6 Å². The van der Waals surface area contributed by atoms with E-state index in [1.165, 1.54) is 51.7 Å². The van der Waals surface area contributed by atoms with Gasteiger partial charge in [-0.25, -0.2) is 14.6 Å². The zero-order chi connectivity index (χ0) is 49.4. The van der Waals surface area contributed by atoms with Gasteiger partial charge in [0.15, 0.2) is 16.9 Å². The molecule has 0 bridgehead atoms. The topological polar surface area (TPSA) is 174 Å². The lowest BCUT2D eigenvalue weighted by atomic mass is 9.80. The van der Waals surface area contributed by atoms with Crippen molar-refractivity contribution in [1.82, 2.24) is 24.8 Å². The molecule has 2 N–H and O–H groups in total. The lowest BCUT2D eigenvalue weighted by Crippen LogP contribution is -2.71. The molecule has 0 radical (unpaired) electrons. The summed E-state index contributed by atoms with van der Waals surface area (Å²) in [6, 6.07) is 46.3. The Hall–Kier alpha value is -6.77. The van der Waals surface area contributed by atoms with Crippen LogP contribution in [0.25, 0.3) is 0 Å². The van der Waals surface area contributed by atoms with Crippen molar-refractivity contribution in [2.45, 2.75) is 53.7 Å². The Kier molecular flexibility index (Phi) is 15.3. The molecule has 0 unspecified atom stereocenters. The highest BCUT2D eigenvalue weighted by molar-refractivity contribution is 8.19. The van der Waals surface area contributed by atoms with Gasteiger partial charge in [-0.1, -0.05) is 161 Å². The molecule has 1 saturated heterocycles. The van der Waals surface area contributed by atoms with Gasteiger partial charge in [0.2, 0.25) is 5.60 Å². The lowest BCUT2D eigenvalue weighted by molar-refractivity contribution is -0.154. The summed E-state index contributed by atoms with van der Waals surface area (Å²) in [7, 11) is 0. The van der Waals surface area contributed by atoms with Gasteiger partial charge in [-0.3, -0.25) is 19.8 Å². The number of amides is 3. The van der Waals surface area contributed by atoms with Crippen LogP contribution < -0.4 is 10.6 Å². The first-order chi connectivity index (χ1) is 34.5. The van der Waals surface area contributed by atoms with Crippen LogP contribution in [0.1, 0.15) is 60.4 Å². The van der Waals surface area contributed by atoms with Crippen molar-refractivity contribution in [1.29, 1.82) is 0 Å². The number of nitrogens with one attached hydrogen (secondary N) is 2. The van der Waals surface area contributed by atoms with Gasteiger partial charge in [-0.2, -0.15) is 0 Å². The van der Waals surface area contributed by atoms with Crippen LogP contribution in [0.4, 0.5) is 9.93 Å². The van der Waals surface area contributed by atoms with E-state index in [4.69, 9.17) is 14.3 Å². The van der Waals surface area contributed by atoms with Gasteiger partial charge in [0.25, 0.3) is 11.8 Å². The van der Waals surface area contributed by atoms with Gasteiger partial charge < -0.3 is 19.6 Å². The molecule has 7 aromatic rings. The summed E-state index contributed by atoms with van der Waals surface area (Å²) in [4.78, 5) is 70.6. The minimum absolute atomic E-state index is 0.0610. The van der Waals surface area contributed by atoms with E-state index >= 15 is 0 Å². The Morgan fingerprint density at radius 3 is 1.90 bits per heavy atom. The second-order valence-electron chi connectivity index (χ2n) is 16.9. The molecule has 2 aliphatic rings. The molecule has 14 nitrogen and oxygen atoms in total. The number of aromatic nitrogens is 3. The third kappa shape index (κ3) is 11.2. The van der Waals surface area contributed by atoms with Crippen molar-refractivity contribution >= 4 is 92.9 Å². The number of carbonyl (C=O) groups excluding carboxylic acids is 4. The maximum Gasteiger partial charge on any atom is 0.413 e. The minimum atomic E-state index is -1.38. The average Bonchev–Trinajstić information content (AvgIpc) is 4.09. The molecule has 71 heavy (non-hydrogen) atoms. The molecule has 2 aromatic heterocycles. The molecule has 2 atom stereocenters. The van der Waals surface area contributed by atoms with Gasteiger partial charge in [-0.05, 0) is 43.4 Å². The van der Waals surface area contributed by atoms with Crippen molar-refractivity contribution in [3.05, 3.63) is 207 Å². The maximum atomic E-state index is 14.9. The first-order valence-corrected chi connectivity index (χ1v) is 26.9. The minimum Gasteiger partial charge on any atom is -0.448 e. The van der Waals surface area contributed by atoms with Crippen LogP contribution in [0.15, 0.2) is 183 Å². The van der Waals surface area contributed by atoms with Gasteiger partial charge in [0.05, 0.1) is 6.20 Å². The Morgan fingerprint density at radius 2 is 1.37 bits per heavy atom. The van der Waals surface area contributed by atoms with E-state index in [2.05, 4.69) is 30.4 Å². The number of hydrogen-bond acceptors (Lipinski definition) is 16. The predicted molar refractivity (Wildman–Crippen MR) is 280 cm³/mol. The summed E-state index contributed by atoms with van der Waals surface area (Å²) in [5.74, 6) is -1.63. The number of rotatable bonds is 17. The molecule has 1 fully saturated rings. The molecule has 5 aromatic carbocycles. The van der Waals surface area contributed by atoms with Gasteiger partial charge >= 0.3 is 12.1 Å². The quantitative estimate of drug-likeness (QED) is 0.0168. The number of thiazole rings is 1. The summed E-state index contributed by atoms with van der Waals surface area (Å²) in [6.07, 6.45) is 0.169. The molecule has 0 saturated carbocycles. The second-order valence-corrected chi connectivity index (χ2v) is 22.3. The number of ether oxygens (including phenoxy) is 2. The number of fused-ring (bicyclic) bond motifs is 1. The second kappa shape index (κ2) is 22.1. The van der Waals surface area contributed by atoms with E-state index in [1.807, 2.05) is 152 Å². The monoisotopic (exact) mass is 1040 g/mol. The number of benzene rings is 5. The zero-order valence-electron chi connectivity index (χ0n) is 38.4. The van der Waals surface area contributed by atoms with Gasteiger partial charge in [-0.15, -0.1) is 51.7 Å². The highest BCUT2D eigenvalue weighted by Gasteiger charge is 2.55. The number of hydrogen-bond donors (Lipinski definition) is 2. The Bertz CT molecular complexity index is 2900. The number of nitrogens with zero attached hydrogens (tertiary/aromatic N) is 5. The summed E-state index contributed by atoms with van der Waals surface area (Å²) >= 11 is 6.69. The van der Waals surface area contributed by atoms with E-state index in [1.54, 1.807) is 32.3 Å². The van der Waals surface area contributed by atoms with Crippen molar-refractivity contribution in [3.8, 4) is 0 Å². The Morgan fingerprint density at radius 1 is 0.803 bits per heavy atom. The molecule has 2 aliphatic heterocycles. The number of carbonyl (C=O) groups is 4. The summed E-state index contributed by atoms with van der Waals surface area (Å²) < 4.78 is 16.7. The van der Waals surface area contributed by atoms with Gasteiger partial charge in [0, 0.05) is 37.8 Å². The molecule has 4 heterocycles. The molecular weight excluding hydrogens is 995 g/mol. The van der Waals surface area contributed by atoms with Crippen LogP contribution in [0.2, 0.25) is 0 Å². The smallest absolute Gasteiger partial charge is 0.413 e. The molecule has 0 spiro atoms. The number of thioether (sulfide) groups is 3. The largest absolute Gasteiger partial charge is 0.448 e. The Balaban J connectivity index is 1.05. The molecule has 19 heteroatoms. The fraction of sp³-hybridized carbons (Fsp3) is 0.192. The van der Waals surface area contributed by atoms with Crippen LogP contribution in [0.3, 0.4) is 0 Å². The summed E-state index contributed by atoms with van der Waals surface area (Å²) in [5, 5.41) is 15.7. The summed E-state index contributed by atoms with van der Waals surface area (Å²) in [6.45, 7) is 5.23. The van der Waals surface area contributed by atoms with Crippen LogP contribution in [0.5, 0.6) is 0 Å². The third-order valence-electron chi connectivity index (χ3n) is 11.0. The number of esters is 1. The third-order valence-corrected chi connectivity index (χ3v) is 16.3. The molecule has 0 aliphatic carbocycles. The standard InChI is InChI=1S/C52H45N7O7S5/c1-51(2,3)65-50(63)56-49-54-38(30-68-49)41(57-66-52(35-23-13-6-14-24-35,36-25-15-7-16-26-36)37-27-17-8-18-28-37)45(60)55-42-46(61)59-43(39(31-67-47(42)59)69-32-70-40-29-53-58-71-40)48(62)64-44(33-19-9-4-10-20-33)34-21-11-5-12-22-34/h4-30,42,44,47H,31-32H2,1-3H3,(H,55,60)(H,54,56,63)/b57-41-/t42-,47+/m1/s1. The molecular formula is C52H45N7O7S5. The van der Waals surface area contributed by atoms with Crippen LogP contribution >= 0.6 is 58.2 Å². The number of β-lactam (4-membered cyclic amide) rings is 1. The number of anilines is 1. The SMILES string of the molecule is CC(C)(C)OC(=O)Nc1nc(/C(=N/OC(c2ccccc2)(c2ccccc2)c2ccccc2)C(=O)N[C@@H]2C(=O)N3C(C(=O)OC(c4ccccc4)c4ccccc4)=C(SCSc4cnns4)CS[C@@H]23)cs1. The lowest BCUT2D eigenvalue weighted by Gasteiger charge is -2.49. The van der Waals surface area contributed by atoms with E-state index in [0.29, 0.717) is 15.7 Å². The average molecular weight is 1040 g/mol. The van der Waals surface area contributed by atoms with E-state index < -0.39 is 52.6 Å². The Labute approximate surface area is 430 Å². The van der Waals surface area contributed by atoms with E-state index in [0.717, 1.165) is 43.4 Å². The van der Waals surface area contributed by atoms with Crippen molar-refractivity contribution < 1.29 is 33.5 Å². The maximum absolute atomic E-state index is 14.9. The molecule has 3 amide bonds. The predicted octanol–water partition coefficient (Wildman–Crippen LogP) is 10.5. The number of oxime groups is 1. The van der Waals surface area contributed by atoms with Crippen molar-refractivity contribution in [3.63, 3.8) is 0 Å².